The molecule has 13 heteroatoms. The predicted octanol–water partition coefficient (Wildman–Crippen LogP) is 6.57. The molecule has 0 atom stereocenters. The Hall–Kier alpha value is -2.66. The molecule has 2 heterocycles. The summed E-state index contributed by atoms with van der Waals surface area (Å²) in [7, 11) is 0. The van der Waals surface area contributed by atoms with Crippen molar-refractivity contribution in [2.24, 2.45) is 10.8 Å². The summed E-state index contributed by atoms with van der Waals surface area (Å²) in [5, 5.41) is 13.1. The number of hydrogen-bond acceptors (Lipinski definition) is 5. The highest BCUT2D eigenvalue weighted by Gasteiger charge is 2.44. The maximum atomic E-state index is 14.4. The number of carbonyl (C=O) groups is 3. The van der Waals surface area contributed by atoms with Gasteiger partial charge in [0.2, 0.25) is 0 Å². The Morgan fingerprint density at radius 3 is 2.15 bits per heavy atom. The van der Waals surface area contributed by atoms with E-state index in [2.05, 4.69) is 10.1 Å². The first-order valence-corrected chi connectivity index (χ1v) is 13.2. The first-order chi connectivity index (χ1) is 17.9. The monoisotopic (exact) mass is 590 g/mol. The Labute approximate surface area is 234 Å². The fourth-order valence-electron chi connectivity index (χ4n) is 5.04. The highest BCUT2D eigenvalue weighted by molar-refractivity contribution is 6.39. The number of hydrogen-bond donors (Lipinski definition) is 1. The molecule has 1 aliphatic carbocycles. The topological polar surface area (TPSA) is 105 Å². The Morgan fingerprint density at radius 1 is 1.10 bits per heavy atom. The van der Waals surface area contributed by atoms with Gasteiger partial charge in [-0.1, -0.05) is 50.9 Å². The highest BCUT2D eigenvalue weighted by atomic mass is 35.5. The Morgan fingerprint density at radius 2 is 1.67 bits per heavy atom. The molecular weight excluding hydrogens is 560 g/mol. The standard InChI is InChI=1S/C26H31Cl2F3N4O4/c1-24(2,3)14-34(13-19(36)21-17(27)11-32-12-18(21)28)23(39)16-10-33-35(22(16)26(29,30)31)15-5-7-25(4,8-6-15)9-20(37)38/h10-12,15H,5-9,13-14H2,1-4H3,(H,37,38)/t15-,25-. The van der Waals surface area contributed by atoms with Crippen LogP contribution in [0, 0.1) is 10.8 Å². The van der Waals surface area contributed by atoms with E-state index >= 15 is 0 Å². The summed E-state index contributed by atoms with van der Waals surface area (Å²) >= 11 is 12.2. The van der Waals surface area contributed by atoms with Gasteiger partial charge in [-0.05, 0) is 36.5 Å². The Balaban J connectivity index is 1.96. The number of pyridine rings is 1. The summed E-state index contributed by atoms with van der Waals surface area (Å²) in [6.45, 7) is 6.58. The second-order valence-corrected chi connectivity index (χ2v) is 12.4. The number of amides is 1. The van der Waals surface area contributed by atoms with Crippen LogP contribution >= 0.6 is 23.2 Å². The molecule has 3 rings (SSSR count). The average molecular weight is 591 g/mol. The molecule has 0 saturated heterocycles. The second kappa shape index (κ2) is 11.4. The third-order valence-corrected chi connectivity index (χ3v) is 7.37. The number of alkyl halides is 3. The number of ketones is 1. The van der Waals surface area contributed by atoms with Crippen molar-refractivity contribution in [3.05, 3.63) is 45.5 Å². The van der Waals surface area contributed by atoms with Crippen molar-refractivity contribution < 1.29 is 32.7 Å². The molecule has 0 unspecified atom stereocenters. The number of carbonyl (C=O) groups excluding carboxylic acids is 2. The van der Waals surface area contributed by atoms with Gasteiger partial charge in [0.15, 0.2) is 11.5 Å². The minimum absolute atomic E-state index is 0.0304. The number of aliphatic carboxylic acids is 1. The van der Waals surface area contributed by atoms with E-state index in [1.165, 1.54) is 12.4 Å². The molecule has 8 nitrogen and oxygen atoms in total. The predicted molar refractivity (Wildman–Crippen MR) is 139 cm³/mol. The normalized spacial score (nSPS) is 20.1. The van der Waals surface area contributed by atoms with Crippen molar-refractivity contribution >= 4 is 40.9 Å². The summed E-state index contributed by atoms with van der Waals surface area (Å²) in [5.41, 5.74) is -3.01. The van der Waals surface area contributed by atoms with E-state index in [-0.39, 0.29) is 41.4 Å². The Kier molecular flexibility index (Phi) is 9.06. The highest BCUT2D eigenvalue weighted by Crippen LogP contribution is 2.45. The van der Waals surface area contributed by atoms with Crippen LogP contribution in [0.3, 0.4) is 0 Å². The zero-order valence-corrected chi connectivity index (χ0v) is 23.6. The molecule has 2 aromatic heterocycles. The van der Waals surface area contributed by atoms with E-state index < -0.39 is 58.5 Å². The second-order valence-electron chi connectivity index (χ2n) is 11.6. The number of carboxylic acids is 1. The van der Waals surface area contributed by atoms with Crippen molar-refractivity contribution in [1.29, 1.82) is 0 Å². The number of aromatic nitrogens is 3. The van der Waals surface area contributed by atoms with Crippen LogP contribution in [0.2, 0.25) is 10.0 Å². The van der Waals surface area contributed by atoms with Crippen LogP contribution in [0.15, 0.2) is 18.6 Å². The molecule has 0 aliphatic heterocycles. The number of nitrogens with zero attached hydrogens (tertiary/aromatic N) is 4. The van der Waals surface area contributed by atoms with Gasteiger partial charge in [0.05, 0.1) is 46.4 Å². The van der Waals surface area contributed by atoms with Gasteiger partial charge < -0.3 is 10.0 Å². The number of rotatable bonds is 8. The molecule has 1 amide bonds. The summed E-state index contributed by atoms with van der Waals surface area (Å²) < 4.78 is 44.0. The van der Waals surface area contributed by atoms with E-state index in [1.807, 2.05) is 6.92 Å². The lowest BCUT2D eigenvalue weighted by Gasteiger charge is -2.37. The van der Waals surface area contributed by atoms with Crippen LogP contribution in [0.1, 0.15) is 92.3 Å². The molecule has 1 N–H and O–H groups in total. The number of halogens is 5. The van der Waals surface area contributed by atoms with Gasteiger partial charge in [-0.2, -0.15) is 18.3 Å². The molecule has 0 bridgehead atoms. The Bertz CT molecular complexity index is 1230. The fourth-order valence-corrected chi connectivity index (χ4v) is 5.61. The third kappa shape index (κ3) is 7.51. The van der Waals surface area contributed by atoms with E-state index in [4.69, 9.17) is 23.2 Å². The van der Waals surface area contributed by atoms with Gasteiger partial charge in [0, 0.05) is 18.9 Å². The fraction of sp³-hybridized carbons (Fsp3) is 0.577. The van der Waals surface area contributed by atoms with Gasteiger partial charge >= 0.3 is 12.1 Å². The molecule has 0 radical (unpaired) electrons. The molecule has 1 saturated carbocycles. The van der Waals surface area contributed by atoms with Crippen LogP contribution < -0.4 is 0 Å². The van der Waals surface area contributed by atoms with Crippen LogP contribution in [0.5, 0.6) is 0 Å². The van der Waals surface area contributed by atoms with E-state index in [9.17, 15) is 32.7 Å². The van der Waals surface area contributed by atoms with Crippen molar-refractivity contribution in [3.63, 3.8) is 0 Å². The lowest BCUT2D eigenvalue weighted by Crippen LogP contribution is -2.42. The van der Waals surface area contributed by atoms with Crippen LogP contribution in [0.4, 0.5) is 13.2 Å². The first kappa shape index (κ1) is 30.9. The van der Waals surface area contributed by atoms with Crippen molar-refractivity contribution in [2.45, 2.75) is 72.0 Å². The molecule has 214 valence electrons. The van der Waals surface area contributed by atoms with Crippen LogP contribution in [0.25, 0.3) is 0 Å². The van der Waals surface area contributed by atoms with E-state index in [1.54, 1.807) is 20.8 Å². The molecule has 2 aromatic rings. The van der Waals surface area contributed by atoms with Gasteiger partial charge in [-0.3, -0.25) is 24.0 Å². The number of Topliss-reactive ketones (excluding diaryl/α,β-unsaturated/α-hetero) is 1. The summed E-state index contributed by atoms with van der Waals surface area (Å²) in [6.07, 6.45) is -0.277. The maximum Gasteiger partial charge on any atom is 0.433 e. The minimum atomic E-state index is -4.90. The zero-order chi connectivity index (χ0) is 29.3. The van der Waals surface area contributed by atoms with Gasteiger partial charge in [0.25, 0.3) is 5.91 Å². The van der Waals surface area contributed by atoms with Gasteiger partial charge in [-0.25, -0.2) is 0 Å². The van der Waals surface area contributed by atoms with E-state index in [0.717, 1.165) is 15.8 Å². The van der Waals surface area contributed by atoms with E-state index in [0.29, 0.717) is 12.8 Å². The smallest absolute Gasteiger partial charge is 0.433 e. The summed E-state index contributed by atoms with van der Waals surface area (Å²) in [5.74, 6) is -2.60. The van der Waals surface area contributed by atoms with Crippen LogP contribution in [-0.4, -0.2) is 55.5 Å². The summed E-state index contributed by atoms with van der Waals surface area (Å²) in [4.78, 5) is 42.8. The van der Waals surface area contributed by atoms with Gasteiger partial charge in [0.1, 0.15) is 0 Å². The zero-order valence-electron chi connectivity index (χ0n) is 22.1. The lowest BCUT2D eigenvalue weighted by molar-refractivity contribution is -0.145. The molecule has 0 spiro atoms. The van der Waals surface area contributed by atoms with Crippen molar-refractivity contribution in [3.8, 4) is 0 Å². The molecule has 1 aliphatic rings. The maximum absolute atomic E-state index is 14.4. The van der Waals surface area contributed by atoms with Crippen LogP contribution in [-0.2, 0) is 11.0 Å². The first-order valence-electron chi connectivity index (χ1n) is 12.4. The minimum Gasteiger partial charge on any atom is -0.481 e. The van der Waals surface area contributed by atoms with Crippen molar-refractivity contribution in [2.75, 3.05) is 13.1 Å². The molecule has 0 aromatic carbocycles. The molecular formula is C26H31Cl2F3N4O4. The lowest BCUT2D eigenvalue weighted by atomic mass is 9.72. The third-order valence-electron chi connectivity index (χ3n) is 6.80. The van der Waals surface area contributed by atoms with Gasteiger partial charge in [-0.15, -0.1) is 0 Å². The largest absolute Gasteiger partial charge is 0.481 e. The quantitative estimate of drug-likeness (QED) is 0.348. The molecule has 39 heavy (non-hydrogen) atoms. The molecule has 1 fully saturated rings. The SMILES string of the molecule is CC(C)(C)CN(CC(=O)c1c(Cl)cncc1Cl)C(=O)c1cnn([C@H]2CC[C@](C)(CC(=O)O)CC2)c1C(F)(F)F. The summed E-state index contributed by atoms with van der Waals surface area (Å²) in [6, 6.07) is -0.655. The number of carboxylic acid groups (broad SMARTS) is 1. The van der Waals surface area contributed by atoms with Crippen molar-refractivity contribution in [1.82, 2.24) is 19.7 Å². The average Bonchev–Trinajstić information content (AvgIpc) is 3.22.